The quantitative estimate of drug-likeness (QED) is 0.722. The van der Waals surface area contributed by atoms with Crippen molar-refractivity contribution in [3.05, 3.63) is 72.6 Å². The number of nitrogens with zero attached hydrogens (tertiary/aromatic N) is 2. The van der Waals surface area contributed by atoms with Gasteiger partial charge in [0.2, 0.25) is 0 Å². The Balaban J connectivity index is 1.52. The van der Waals surface area contributed by atoms with E-state index in [2.05, 4.69) is 10.3 Å². The summed E-state index contributed by atoms with van der Waals surface area (Å²) in [7, 11) is 0. The molecule has 7 heteroatoms. The van der Waals surface area contributed by atoms with Crippen LogP contribution in [-0.4, -0.2) is 46.4 Å². The summed E-state index contributed by atoms with van der Waals surface area (Å²) >= 11 is 0. The zero-order valence-corrected chi connectivity index (χ0v) is 15.0. The van der Waals surface area contributed by atoms with Crippen LogP contribution in [0.2, 0.25) is 0 Å². The smallest absolute Gasteiger partial charge is 0.412 e. The number of fused-ring (bicyclic) bond motifs is 1. The van der Waals surface area contributed by atoms with Gasteiger partial charge in [-0.25, -0.2) is 9.59 Å². The number of aromatic nitrogens is 1. The van der Waals surface area contributed by atoms with Gasteiger partial charge in [0.15, 0.2) is 0 Å². The summed E-state index contributed by atoms with van der Waals surface area (Å²) in [5, 5.41) is 13.9. The highest BCUT2D eigenvalue weighted by atomic mass is 16.6. The van der Waals surface area contributed by atoms with Crippen LogP contribution in [0.3, 0.4) is 0 Å². The fourth-order valence-corrected chi connectivity index (χ4v) is 3.58. The topological polar surface area (TPSA) is 91.8 Å². The molecule has 0 unspecified atom stereocenters. The van der Waals surface area contributed by atoms with E-state index >= 15 is 0 Å². The van der Waals surface area contributed by atoms with Crippen LogP contribution in [0, 0.1) is 0 Å². The summed E-state index contributed by atoms with van der Waals surface area (Å²) < 4.78 is 5.64. The first kappa shape index (κ1) is 17.8. The van der Waals surface area contributed by atoms with Crippen molar-refractivity contribution in [3.8, 4) is 0 Å². The third-order valence-corrected chi connectivity index (χ3v) is 4.94. The first-order chi connectivity index (χ1) is 13.6. The zero-order chi connectivity index (χ0) is 19.5. The fraction of sp³-hybridized carbons (Fsp3) is 0.190. The number of carbonyl (C=O) groups excluding carboxylic acids is 1. The highest BCUT2D eigenvalue weighted by Gasteiger charge is 2.38. The maximum Gasteiger partial charge on any atom is 0.412 e. The second kappa shape index (κ2) is 7.56. The van der Waals surface area contributed by atoms with Crippen LogP contribution in [-0.2, 0) is 4.74 Å². The summed E-state index contributed by atoms with van der Waals surface area (Å²) in [4.78, 5) is 29.3. The van der Waals surface area contributed by atoms with Crippen molar-refractivity contribution in [2.75, 3.05) is 18.4 Å². The average Bonchev–Trinajstić information content (AvgIpc) is 3.13. The maximum atomic E-state index is 12.6. The molecule has 4 rings (SSSR count). The molecule has 1 aromatic heterocycles. The molecule has 1 saturated heterocycles. The molecule has 0 radical (unpaired) electrons. The number of carboxylic acid groups (broad SMARTS) is 1. The van der Waals surface area contributed by atoms with Gasteiger partial charge in [-0.1, -0.05) is 42.5 Å². The van der Waals surface area contributed by atoms with Crippen LogP contribution in [0.1, 0.15) is 11.5 Å². The van der Waals surface area contributed by atoms with E-state index in [1.165, 1.54) is 4.90 Å². The van der Waals surface area contributed by atoms with E-state index in [0.29, 0.717) is 5.69 Å². The Morgan fingerprint density at radius 3 is 2.68 bits per heavy atom. The highest BCUT2D eigenvalue weighted by molar-refractivity contribution is 5.99. The lowest BCUT2D eigenvalue weighted by Crippen LogP contribution is -2.30. The third-order valence-electron chi connectivity index (χ3n) is 4.94. The molecule has 7 nitrogen and oxygen atoms in total. The Bertz CT molecular complexity index is 1000. The van der Waals surface area contributed by atoms with Crippen molar-refractivity contribution in [1.82, 2.24) is 9.88 Å². The predicted octanol–water partition coefficient (Wildman–Crippen LogP) is 3.93. The molecule has 1 aliphatic heterocycles. The van der Waals surface area contributed by atoms with Gasteiger partial charge >= 0.3 is 12.2 Å². The van der Waals surface area contributed by atoms with E-state index < -0.39 is 18.3 Å². The van der Waals surface area contributed by atoms with Crippen LogP contribution in [0.15, 0.2) is 67.0 Å². The fourth-order valence-electron chi connectivity index (χ4n) is 3.58. The number of hydrogen-bond acceptors (Lipinski definition) is 4. The van der Waals surface area contributed by atoms with E-state index in [-0.39, 0.29) is 19.0 Å². The van der Waals surface area contributed by atoms with Gasteiger partial charge in [0.1, 0.15) is 6.10 Å². The number of likely N-dealkylation sites (tertiary alicyclic amines) is 1. The first-order valence-corrected chi connectivity index (χ1v) is 8.95. The summed E-state index contributed by atoms with van der Waals surface area (Å²) in [6, 6.07) is 16.9. The largest absolute Gasteiger partial charge is 0.465 e. The van der Waals surface area contributed by atoms with Crippen molar-refractivity contribution >= 4 is 28.6 Å². The standard InChI is InChI=1S/C21H19N3O4/c25-20(23-18-8-4-7-15-11-22-10-9-16(15)18)28-19-13-24(21(26)27)12-17(19)14-5-2-1-3-6-14/h1-11,17,19H,12-13H2,(H,23,25)(H,26,27)/t17-,19+/m1/s1. The van der Waals surface area contributed by atoms with Crippen LogP contribution in [0.25, 0.3) is 10.8 Å². The molecule has 142 valence electrons. The van der Waals surface area contributed by atoms with Gasteiger partial charge in [0.25, 0.3) is 0 Å². The van der Waals surface area contributed by atoms with Crippen LogP contribution >= 0.6 is 0 Å². The second-order valence-electron chi connectivity index (χ2n) is 6.68. The minimum Gasteiger partial charge on any atom is -0.465 e. The monoisotopic (exact) mass is 377 g/mol. The summed E-state index contributed by atoms with van der Waals surface area (Å²) in [6.45, 7) is 0.430. The predicted molar refractivity (Wildman–Crippen MR) is 104 cm³/mol. The lowest BCUT2D eigenvalue weighted by Gasteiger charge is -2.19. The van der Waals surface area contributed by atoms with Gasteiger partial charge in [-0.3, -0.25) is 10.3 Å². The van der Waals surface area contributed by atoms with Crippen LogP contribution in [0.5, 0.6) is 0 Å². The molecular weight excluding hydrogens is 358 g/mol. The molecule has 2 aromatic carbocycles. The van der Waals surface area contributed by atoms with E-state index in [9.17, 15) is 14.7 Å². The molecule has 1 aliphatic rings. The van der Waals surface area contributed by atoms with Gasteiger partial charge < -0.3 is 14.7 Å². The molecular formula is C21H19N3O4. The SMILES string of the molecule is O=C(Nc1cccc2cnccc12)O[C@H]1CN(C(=O)O)C[C@@H]1c1ccccc1. The minimum atomic E-state index is -1.02. The molecule has 0 spiro atoms. The van der Waals surface area contributed by atoms with Gasteiger partial charge in [-0.05, 0) is 17.7 Å². The highest BCUT2D eigenvalue weighted by Crippen LogP contribution is 2.30. The van der Waals surface area contributed by atoms with Crippen molar-refractivity contribution in [2.45, 2.75) is 12.0 Å². The first-order valence-electron chi connectivity index (χ1n) is 8.95. The summed E-state index contributed by atoms with van der Waals surface area (Å²) in [5.41, 5.74) is 1.56. The summed E-state index contributed by atoms with van der Waals surface area (Å²) in [5.74, 6) is -0.209. The number of anilines is 1. The van der Waals surface area contributed by atoms with Gasteiger partial charge in [-0.15, -0.1) is 0 Å². The Morgan fingerprint density at radius 1 is 1.07 bits per heavy atom. The van der Waals surface area contributed by atoms with Gasteiger partial charge in [0, 0.05) is 35.6 Å². The van der Waals surface area contributed by atoms with Gasteiger partial charge in [-0.2, -0.15) is 0 Å². The Labute approximate surface area is 161 Å². The maximum absolute atomic E-state index is 12.6. The normalized spacial score (nSPS) is 18.8. The lowest BCUT2D eigenvalue weighted by molar-refractivity contribution is 0.103. The molecule has 1 fully saturated rings. The number of benzene rings is 2. The Hall–Kier alpha value is -3.61. The Kier molecular flexibility index (Phi) is 4.80. The molecule has 0 saturated carbocycles. The molecule has 0 aliphatic carbocycles. The Morgan fingerprint density at radius 2 is 1.89 bits per heavy atom. The lowest BCUT2D eigenvalue weighted by atomic mass is 9.96. The number of pyridine rings is 1. The number of amides is 2. The van der Waals surface area contributed by atoms with Crippen LogP contribution < -0.4 is 5.32 Å². The zero-order valence-electron chi connectivity index (χ0n) is 15.0. The molecule has 28 heavy (non-hydrogen) atoms. The van der Waals surface area contributed by atoms with Crippen molar-refractivity contribution < 1.29 is 19.4 Å². The van der Waals surface area contributed by atoms with E-state index in [1.807, 2.05) is 48.5 Å². The van der Waals surface area contributed by atoms with E-state index in [0.717, 1.165) is 16.3 Å². The number of hydrogen-bond donors (Lipinski definition) is 2. The van der Waals surface area contributed by atoms with Crippen molar-refractivity contribution in [1.29, 1.82) is 0 Å². The number of ether oxygens (including phenoxy) is 1. The van der Waals surface area contributed by atoms with E-state index in [4.69, 9.17) is 4.74 Å². The molecule has 2 heterocycles. The average molecular weight is 377 g/mol. The molecule has 3 aromatic rings. The van der Waals surface area contributed by atoms with Crippen molar-refractivity contribution in [2.24, 2.45) is 0 Å². The summed E-state index contributed by atoms with van der Waals surface area (Å²) in [6.07, 6.45) is 1.19. The molecule has 0 bridgehead atoms. The van der Waals surface area contributed by atoms with Gasteiger partial charge in [0.05, 0.1) is 12.2 Å². The van der Waals surface area contributed by atoms with E-state index in [1.54, 1.807) is 18.5 Å². The number of carbonyl (C=O) groups is 2. The van der Waals surface area contributed by atoms with Crippen LogP contribution in [0.4, 0.5) is 15.3 Å². The molecule has 2 atom stereocenters. The second-order valence-corrected chi connectivity index (χ2v) is 6.68. The molecule has 2 N–H and O–H groups in total. The number of rotatable bonds is 3. The number of nitrogens with one attached hydrogen (secondary N) is 1. The molecule has 2 amide bonds. The third kappa shape index (κ3) is 3.59. The minimum absolute atomic E-state index is 0.141. The van der Waals surface area contributed by atoms with Crippen molar-refractivity contribution in [3.63, 3.8) is 0 Å².